The lowest BCUT2D eigenvalue weighted by atomic mass is 10.1. The van der Waals surface area contributed by atoms with Gasteiger partial charge in [0.25, 0.3) is 5.56 Å². The summed E-state index contributed by atoms with van der Waals surface area (Å²) in [6.45, 7) is -0.363. The van der Waals surface area contributed by atoms with Crippen molar-refractivity contribution in [2.24, 2.45) is 0 Å². The number of carbonyl (C=O) groups is 1. The number of carbonyl (C=O) groups excluding carboxylic acids is 1. The lowest BCUT2D eigenvalue weighted by molar-refractivity contribution is 0.0600. The summed E-state index contributed by atoms with van der Waals surface area (Å²) >= 11 is 0. The molecule has 0 unspecified atom stereocenters. The van der Waals surface area contributed by atoms with E-state index in [9.17, 15) is 22.4 Å². The Morgan fingerprint density at radius 3 is 2.28 bits per heavy atom. The third kappa shape index (κ3) is 5.29. The van der Waals surface area contributed by atoms with Crippen LogP contribution in [-0.4, -0.2) is 37.9 Å². The van der Waals surface area contributed by atoms with Crippen LogP contribution in [0.1, 0.15) is 21.5 Å². The Morgan fingerprint density at radius 2 is 1.64 bits per heavy atom. The average molecular weight is 511 g/mol. The summed E-state index contributed by atoms with van der Waals surface area (Å²) in [4.78, 5) is 27.3. The van der Waals surface area contributed by atoms with Crippen LogP contribution in [0.3, 0.4) is 0 Å². The first kappa shape index (κ1) is 25.1. The fourth-order valence-corrected chi connectivity index (χ4v) is 5.12. The first-order chi connectivity index (χ1) is 17.2. The van der Waals surface area contributed by atoms with Crippen molar-refractivity contribution in [3.05, 3.63) is 106 Å². The third-order valence-corrected chi connectivity index (χ3v) is 7.47. The molecule has 0 saturated heterocycles. The van der Waals surface area contributed by atoms with E-state index in [1.807, 2.05) is 0 Å². The van der Waals surface area contributed by atoms with Gasteiger partial charge in [-0.3, -0.25) is 4.79 Å². The molecule has 3 aromatic carbocycles. The minimum Gasteiger partial charge on any atom is -0.497 e. The summed E-state index contributed by atoms with van der Waals surface area (Å²) in [7, 11) is -1.38. The highest BCUT2D eigenvalue weighted by Gasteiger charge is 2.26. The number of ether oxygens (including phenoxy) is 2. The summed E-state index contributed by atoms with van der Waals surface area (Å²) in [5, 5.41) is 0.672. The maximum Gasteiger partial charge on any atom is 0.337 e. The van der Waals surface area contributed by atoms with Gasteiger partial charge in [0.15, 0.2) is 0 Å². The molecule has 0 saturated carbocycles. The van der Waals surface area contributed by atoms with Crippen molar-refractivity contribution in [2.45, 2.75) is 18.0 Å². The Bertz CT molecular complexity index is 1570. The van der Waals surface area contributed by atoms with Crippen LogP contribution in [0.4, 0.5) is 4.39 Å². The Morgan fingerprint density at radius 1 is 0.944 bits per heavy atom. The van der Waals surface area contributed by atoms with Crippen molar-refractivity contribution in [2.75, 3.05) is 14.2 Å². The largest absolute Gasteiger partial charge is 0.497 e. The number of sulfonamides is 1. The van der Waals surface area contributed by atoms with E-state index in [1.165, 1.54) is 62.8 Å². The molecule has 0 bridgehead atoms. The standard InChI is InChI=1S/C26H23FN2O6S/c1-34-22-9-12-24-19(14-22)13-20(25(30)28-24)16-29(15-17-3-7-21(27)8-4-17)36(32,33)23-10-5-18(6-11-23)26(31)35-2/h3-14H,15-16H2,1-2H3,(H,28,30). The van der Waals surface area contributed by atoms with Crippen molar-refractivity contribution in [1.29, 1.82) is 0 Å². The predicted octanol–water partition coefficient (Wildman–Crippen LogP) is 3.85. The molecule has 10 heteroatoms. The average Bonchev–Trinajstić information content (AvgIpc) is 2.89. The van der Waals surface area contributed by atoms with Crippen LogP contribution in [-0.2, 0) is 27.8 Å². The second kappa shape index (κ2) is 10.3. The van der Waals surface area contributed by atoms with Crippen LogP contribution < -0.4 is 10.3 Å². The van der Waals surface area contributed by atoms with Crippen LogP contribution in [0, 0.1) is 5.82 Å². The minimum absolute atomic E-state index is 0.0730. The fourth-order valence-electron chi connectivity index (χ4n) is 3.71. The van der Waals surface area contributed by atoms with Gasteiger partial charge in [0.05, 0.1) is 24.7 Å². The van der Waals surface area contributed by atoms with Crippen molar-refractivity contribution in [3.8, 4) is 5.75 Å². The molecule has 4 aromatic rings. The lowest BCUT2D eigenvalue weighted by Crippen LogP contribution is -2.32. The number of aromatic amines is 1. The molecule has 0 radical (unpaired) electrons. The number of H-pyrrole nitrogens is 1. The van der Waals surface area contributed by atoms with E-state index < -0.39 is 27.4 Å². The van der Waals surface area contributed by atoms with E-state index in [0.717, 1.165) is 4.31 Å². The van der Waals surface area contributed by atoms with E-state index in [0.29, 0.717) is 22.2 Å². The van der Waals surface area contributed by atoms with Crippen LogP contribution in [0.5, 0.6) is 5.75 Å². The second-order valence-corrected chi connectivity index (χ2v) is 9.93. The molecule has 1 aromatic heterocycles. The van der Waals surface area contributed by atoms with Gasteiger partial charge in [-0.15, -0.1) is 0 Å². The highest BCUT2D eigenvalue weighted by atomic mass is 32.2. The van der Waals surface area contributed by atoms with Crippen LogP contribution in [0.25, 0.3) is 10.9 Å². The summed E-state index contributed by atoms with van der Waals surface area (Å²) < 4.78 is 51.8. The van der Waals surface area contributed by atoms with E-state index in [4.69, 9.17) is 4.74 Å². The van der Waals surface area contributed by atoms with E-state index in [-0.39, 0.29) is 29.1 Å². The van der Waals surface area contributed by atoms with Gasteiger partial charge >= 0.3 is 5.97 Å². The number of esters is 1. The zero-order valence-corrected chi connectivity index (χ0v) is 20.3. The number of hydrogen-bond donors (Lipinski definition) is 1. The molecule has 1 N–H and O–H groups in total. The first-order valence-electron chi connectivity index (χ1n) is 10.8. The summed E-state index contributed by atoms with van der Waals surface area (Å²) in [6, 6.07) is 17.5. The Labute approximate surface area is 207 Å². The van der Waals surface area contributed by atoms with Crippen molar-refractivity contribution >= 4 is 26.9 Å². The SMILES string of the molecule is COC(=O)c1ccc(S(=O)(=O)N(Cc2ccc(F)cc2)Cc2cc3cc(OC)ccc3[nH]c2=O)cc1. The number of pyridine rings is 1. The second-order valence-electron chi connectivity index (χ2n) is 7.99. The number of rotatable bonds is 8. The number of fused-ring (bicyclic) bond motifs is 1. The monoisotopic (exact) mass is 510 g/mol. The first-order valence-corrected chi connectivity index (χ1v) is 12.3. The molecule has 4 rings (SSSR count). The van der Waals surface area contributed by atoms with Gasteiger partial charge in [-0.25, -0.2) is 17.6 Å². The molecule has 0 aliphatic rings. The molecule has 0 aliphatic carbocycles. The molecule has 186 valence electrons. The summed E-state index contributed by atoms with van der Waals surface area (Å²) in [5.74, 6) is -0.464. The molecule has 36 heavy (non-hydrogen) atoms. The van der Waals surface area contributed by atoms with E-state index in [1.54, 1.807) is 24.3 Å². The van der Waals surface area contributed by atoms with Gasteiger partial charge < -0.3 is 14.5 Å². The van der Waals surface area contributed by atoms with Gasteiger partial charge in [0, 0.05) is 29.6 Å². The Balaban J connectivity index is 1.75. The highest BCUT2D eigenvalue weighted by Crippen LogP contribution is 2.24. The van der Waals surface area contributed by atoms with E-state index >= 15 is 0 Å². The van der Waals surface area contributed by atoms with Crippen molar-refractivity contribution in [3.63, 3.8) is 0 Å². The van der Waals surface area contributed by atoms with Crippen molar-refractivity contribution < 1.29 is 27.1 Å². The van der Waals surface area contributed by atoms with Gasteiger partial charge in [-0.05, 0) is 66.2 Å². The van der Waals surface area contributed by atoms with Gasteiger partial charge in [-0.1, -0.05) is 12.1 Å². The zero-order chi connectivity index (χ0) is 25.9. The van der Waals surface area contributed by atoms with Gasteiger partial charge in [0.1, 0.15) is 11.6 Å². The van der Waals surface area contributed by atoms with Crippen LogP contribution >= 0.6 is 0 Å². The number of nitrogens with one attached hydrogen (secondary N) is 1. The fraction of sp³-hybridized carbons (Fsp3) is 0.154. The molecular weight excluding hydrogens is 487 g/mol. The van der Waals surface area contributed by atoms with E-state index in [2.05, 4.69) is 9.72 Å². The minimum atomic E-state index is -4.13. The lowest BCUT2D eigenvalue weighted by Gasteiger charge is -2.22. The predicted molar refractivity (Wildman–Crippen MR) is 132 cm³/mol. The quantitative estimate of drug-likeness (QED) is 0.361. The van der Waals surface area contributed by atoms with Gasteiger partial charge in [-0.2, -0.15) is 4.31 Å². The maximum atomic E-state index is 13.6. The van der Waals surface area contributed by atoms with Crippen LogP contribution in [0.15, 0.2) is 82.5 Å². The number of halogens is 1. The highest BCUT2D eigenvalue weighted by molar-refractivity contribution is 7.89. The summed E-state index contributed by atoms with van der Waals surface area (Å²) in [5.41, 5.74) is 1.09. The number of hydrogen-bond acceptors (Lipinski definition) is 6. The molecular formula is C26H23FN2O6S. The Hall–Kier alpha value is -4.02. The third-order valence-electron chi connectivity index (χ3n) is 5.66. The molecule has 8 nitrogen and oxygen atoms in total. The topological polar surface area (TPSA) is 106 Å². The smallest absolute Gasteiger partial charge is 0.337 e. The Kier molecular flexibility index (Phi) is 7.18. The number of nitrogens with zero attached hydrogens (tertiary/aromatic N) is 1. The molecule has 0 atom stereocenters. The van der Waals surface area contributed by atoms with Gasteiger partial charge in [0.2, 0.25) is 10.0 Å². The molecule has 0 aliphatic heterocycles. The molecule has 0 fully saturated rings. The number of benzene rings is 3. The summed E-state index contributed by atoms with van der Waals surface area (Å²) in [6.07, 6.45) is 0. The molecule has 0 amide bonds. The maximum absolute atomic E-state index is 13.6. The normalized spacial score (nSPS) is 11.6. The number of methoxy groups -OCH3 is 2. The van der Waals surface area contributed by atoms with Crippen LogP contribution in [0.2, 0.25) is 0 Å². The molecule has 1 heterocycles. The zero-order valence-electron chi connectivity index (χ0n) is 19.5. The van der Waals surface area contributed by atoms with Crippen molar-refractivity contribution in [1.82, 2.24) is 9.29 Å². The number of aromatic nitrogens is 1. The molecule has 0 spiro atoms.